The molecule has 2 fully saturated rings. The van der Waals surface area contributed by atoms with Gasteiger partial charge >= 0.3 is 0 Å². The van der Waals surface area contributed by atoms with E-state index >= 15 is 8.78 Å². The maximum absolute atomic E-state index is 15.3. The van der Waals surface area contributed by atoms with Crippen molar-refractivity contribution >= 4 is 16.8 Å². The average molecular weight is 639 g/mol. The van der Waals surface area contributed by atoms with E-state index in [1.54, 1.807) is 31.4 Å². The van der Waals surface area contributed by atoms with E-state index in [9.17, 15) is 0 Å². The van der Waals surface area contributed by atoms with Crippen molar-refractivity contribution < 1.29 is 18.3 Å². The Balaban J connectivity index is 1.29. The molecular weight excluding hydrogens is 598 g/mol. The molecule has 1 aliphatic heterocycles. The zero-order chi connectivity index (χ0) is 32.5. The van der Waals surface area contributed by atoms with Crippen molar-refractivity contribution in [2.45, 2.75) is 81.1 Å². The normalized spacial score (nSPS) is 21.1. The summed E-state index contributed by atoms with van der Waals surface area (Å²) in [5.74, 6) is 1.55. The Bertz CT molecular complexity index is 2070. The molecule has 0 amide bonds. The first-order valence-corrected chi connectivity index (χ1v) is 17.7. The van der Waals surface area contributed by atoms with Crippen molar-refractivity contribution in [3.8, 4) is 22.6 Å². The van der Waals surface area contributed by atoms with Crippen LogP contribution < -0.4 is 9.47 Å². The fourth-order valence-corrected chi connectivity index (χ4v) is 9.59. The third kappa shape index (κ3) is 4.41. The molecule has 1 heterocycles. The van der Waals surface area contributed by atoms with Gasteiger partial charge in [0.2, 0.25) is 0 Å². The number of hydrogen-bond acceptors (Lipinski definition) is 2. The van der Waals surface area contributed by atoms with Crippen LogP contribution in [0.1, 0.15) is 104 Å². The topological polar surface area (TPSA) is 18.5 Å². The molecule has 0 aromatic heterocycles. The van der Waals surface area contributed by atoms with Gasteiger partial charge in [0.1, 0.15) is 23.1 Å². The fraction of sp³-hybridized carbons (Fsp3) is 0.318. The van der Waals surface area contributed by atoms with Gasteiger partial charge < -0.3 is 9.47 Å². The van der Waals surface area contributed by atoms with Crippen molar-refractivity contribution in [1.29, 1.82) is 0 Å². The lowest BCUT2D eigenvalue weighted by atomic mass is 9.66. The maximum atomic E-state index is 15.3. The minimum Gasteiger partial charge on any atom is -0.497 e. The number of methoxy groups -OCH3 is 1. The summed E-state index contributed by atoms with van der Waals surface area (Å²) in [4.78, 5) is 0. The quantitative estimate of drug-likeness (QED) is 0.195. The van der Waals surface area contributed by atoms with Gasteiger partial charge in [-0.3, -0.25) is 0 Å². The average Bonchev–Trinajstić information content (AvgIpc) is 3.40. The Kier molecular flexibility index (Phi) is 7.00. The zero-order valence-corrected chi connectivity index (χ0v) is 27.5. The van der Waals surface area contributed by atoms with Gasteiger partial charge in [0.25, 0.3) is 0 Å². The zero-order valence-electron chi connectivity index (χ0n) is 27.5. The van der Waals surface area contributed by atoms with Crippen LogP contribution in [-0.4, -0.2) is 7.11 Å². The highest BCUT2D eigenvalue weighted by Crippen LogP contribution is 2.62. The first-order valence-electron chi connectivity index (χ1n) is 17.7. The van der Waals surface area contributed by atoms with Gasteiger partial charge in [-0.2, -0.15) is 0 Å². The third-order valence-corrected chi connectivity index (χ3v) is 11.9. The van der Waals surface area contributed by atoms with E-state index in [4.69, 9.17) is 9.47 Å². The van der Waals surface area contributed by atoms with Gasteiger partial charge in [-0.1, -0.05) is 93.1 Å². The molecule has 48 heavy (non-hydrogen) atoms. The second-order valence-corrected chi connectivity index (χ2v) is 14.4. The fourth-order valence-electron chi connectivity index (χ4n) is 9.59. The van der Waals surface area contributed by atoms with E-state index < -0.39 is 5.60 Å². The number of hydrogen-bond donors (Lipinski definition) is 0. The van der Waals surface area contributed by atoms with E-state index in [1.807, 2.05) is 24.3 Å². The molecule has 0 saturated heterocycles. The Hall–Kier alpha value is -4.44. The Morgan fingerprint density at radius 3 is 2.10 bits per heavy atom. The monoisotopic (exact) mass is 638 g/mol. The number of rotatable bonds is 4. The Morgan fingerprint density at radius 2 is 1.38 bits per heavy atom. The molecule has 5 aromatic rings. The summed E-state index contributed by atoms with van der Waals surface area (Å²) >= 11 is 0. The van der Waals surface area contributed by atoms with E-state index in [2.05, 4.69) is 48.6 Å². The van der Waals surface area contributed by atoms with E-state index in [1.165, 1.54) is 49.7 Å². The maximum Gasteiger partial charge on any atom is 0.178 e. The minimum absolute atomic E-state index is 0.210. The lowest BCUT2D eigenvalue weighted by Crippen LogP contribution is -2.35. The van der Waals surface area contributed by atoms with E-state index in [-0.39, 0.29) is 17.0 Å². The molecule has 3 aliphatic carbocycles. The second-order valence-electron chi connectivity index (χ2n) is 14.4. The van der Waals surface area contributed by atoms with E-state index in [0.29, 0.717) is 11.7 Å². The molecular formula is C44H40F2O2. The molecule has 2 saturated carbocycles. The predicted molar refractivity (Wildman–Crippen MR) is 189 cm³/mol. The summed E-state index contributed by atoms with van der Waals surface area (Å²) in [5.41, 5.74) is 7.55. The summed E-state index contributed by atoms with van der Waals surface area (Å²) in [6, 6.07) is 27.4. The van der Waals surface area contributed by atoms with Crippen molar-refractivity contribution in [3.05, 3.63) is 136 Å². The third-order valence-electron chi connectivity index (χ3n) is 11.9. The largest absolute Gasteiger partial charge is 0.497 e. The smallest absolute Gasteiger partial charge is 0.178 e. The van der Waals surface area contributed by atoms with Crippen molar-refractivity contribution in [2.75, 3.05) is 7.11 Å². The molecule has 0 bridgehead atoms. The molecule has 4 aliphatic rings. The molecule has 4 heteroatoms. The van der Waals surface area contributed by atoms with Gasteiger partial charge in [0.05, 0.1) is 7.11 Å². The molecule has 0 N–H and O–H groups in total. The van der Waals surface area contributed by atoms with Crippen LogP contribution >= 0.6 is 0 Å². The predicted octanol–water partition coefficient (Wildman–Crippen LogP) is 11.8. The highest BCUT2D eigenvalue weighted by Gasteiger charge is 2.49. The molecule has 1 atom stereocenters. The molecule has 5 aromatic carbocycles. The van der Waals surface area contributed by atoms with Crippen LogP contribution in [0.15, 0.2) is 91.0 Å². The van der Waals surface area contributed by atoms with Gasteiger partial charge in [-0.05, 0) is 107 Å². The minimum atomic E-state index is -0.949. The number of fused-ring (bicyclic) bond motifs is 10. The summed E-state index contributed by atoms with van der Waals surface area (Å²) in [5, 5.41) is 1.69. The van der Waals surface area contributed by atoms with Crippen molar-refractivity contribution in [2.24, 2.45) is 0 Å². The number of benzene rings is 5. The van der Waals surface area contributed by atoms with Gasteiger partial charge in [-0.15, -0.1) is 0 Å². The summed E-state index contributed by atoms with van der Waals surface area (Å²) in [7, 11) is 1.67. The molecule has 0 radical (unpaired) electrons. The first kappa shape index (κ1) is 29.7. The van der Waals surface area contributed by atoms with E-state index in [0.717, 1.165) is 75.6 Å². The van der Waals surface area contributed by atoms with Crippen LogP contribution in [0.25, 0.3) is 28.0 Å². The van der Waals surface area contributed by atoms with Gasteiger partial charge in [0, 0.05) is 27.5 Å². The number of halogens is 2. The first-order chi connectivity index (χ1) is 23.5. The van der Waals surface area contributed by atoms with Crippen LogP contribution in [0.5, 0.6) is 11.5 Å². The molecule has 1 spiro atoms. The van der Waals surface area contributed by atoms with Crippen LogP contribution in [-0.2, 0) is 11.0 Å². The van der Waals surface area contributed by atoms with Crippen LogP contribution in [0.4, 0.5) is 8.78 Å². The molecule has 1 unspecified atom stereocenters. The van der Waals surface area contributed by atoms with Crippen LogP contribution in [0.2, 0.25) is 0 Å². The summed E-state index contributed by atoms with van der Waals surface area (Å²) < 4.78 is 43.2. The molecule has 242 valence electrons. The SMILES string of the molecule is COc1ccc(C2(c3ccc(C4CCCCC4)cc3)C=Cc3c4c(c5ccc(F)cc5c3O2)-c2ccc(F)cc2C42CCCCC2)cc1. The summed E-state index contributed by atoms with van der Waals surface area (Å²) in [6.07, 6.45) is 16.0. The Labute approximate surface area is 281 Å². The van der Waals surface area contributed by atoms with Crippen molar-refractivity contribution in [1.82, 2.24) is 0 Å². The lowest BCUT2D eigenvalue weighted by Gasteiger charge is -2.41. The van der Waals surface area contributed by atoms with Crippen LogP contribution in [0.3, 0.4) is 0 Å². The van der Waals surface area contributed by atoms with Crippen LogP contribution in [0, 0.1) is 11.6 Å². The molecule has 2 nitrogen and oxygen atoms in total. The highest BCUT2D eigenvalue weighted by atomic mass is 19.1. The van der Waals surface area contributed by atoms with Crippen molar-refractivity contribution in [3.63, 3.8) is 0 Å². The highest BCUT2D eigenvalue weighted by molar-refractivity contribution is 6.08. The summed E-state index contributed by atoms with van der Waals surface area (Å²) in [6.45, 7) is 0. The second kappa shape index (κ2) is 11.3. The van der Waals surface area contributed by atoms with Gasteiger partial charge in [-0.25, -0.2) is 8.78 Å². The lowest BCUT2D eigenvalue weighted by molar-refractivity contribution is 0.163. The molecule has 9 rings (SSSR count). The Morgan fingerprint density at radius 1 is 0.708 bits per heavy atom. The standard InChI is InChI=1S/C44H40F2O2/c1-47-34-18-14-31(15-19-34)44(30-12-10-29(11-13-30)28-8-4-2-5-9-28)25-22-37-41-40(35-20-16-32(45)26-38(35)42(37)48-44)36-21-17-33(46)27-39(36)43(41)23-6-3-7-24-43/h10-22,25-28H,2-9,23-24H2,1H3. The van der Waals surface area contributed by atoms with Gasteiger partial charge in [0.15, 0.2) is 5.60 Å². The number of ether oxygens (including phenoxy) is 2.